The number of carbonyl (C=O) groups excluding carboxylic acids is 1. The van der Waals surface area contributed by atoms with Crippen LogP contribution >= 0.6 is 0 Å². The summed E-state index contributed by atoms with van der Waals surface area (Å²) in [5, 5.41) is 2.90. The summed E-state index contributed by atoms with van der Waals surface area (Å²) in [7, 11) is 0. The Morgan fingerprint density at radius 1 is 1.15 bits per heavy atom. The number of rotatable bonds is 3. The zero-order chi connectivity index (χ0) is 18.7. The second-order valence-corrected chi connectivity index (χ2v) is 6.23. The van der Waals surface area contributed by atoms with Gasteiger partial charge in [-0.3, -0.25) is 4.79 Å². The number of fused-ring (bicyclic) bond motifs is 1. The first-order valence-corrected chi connectivity index (χ1v) is 8.34. The number of para-hydroxylation sites is 1. The van der Waals surface area contributed by atoms with E-state index >= 15 is 0 Å². The Balaban J connectivity index is 1.95. The standard InChI is InChI=1S/C20H19F3N2O/c1-2-19(26)24-16-10-7-14-5-3-4-6-18(14)25(13-16)17-11-8-15(9-12-17)20(21,22)23/h2-6,8-9,11-12,16H,1,7,10,13H2,(H,24,26). The average Bonchev–Trinajstić information content (AvgIpc) is 2.81. The van der Waals surface area contributed by atoms with Gasteiger partial charge in [-0.15, -0.1) is 0 Å². The van der Waals surface area contributed by atoms with E-state index in [9.17, 15) is 18.0 Å². The highest BCUT2D eigenvalue weighted by atomic mass is 19.4. The number of aryl methyl sites for hydroxylation is 1. The van der Waals surface area contributed by atoms with Crippen LogP contribution in [-0.4, -0.2) is 18.5 Å². The summed E-state index contributed by atoms with van der Waals surface area (Å²) in [6, 6.07) is 12.8. The van der Waals surface area contributed by atoms with Crippen LogP contribution in [0.4, 0.5) is 24.5 Å². The van der Waals surface area contributed by atoms with Gasteiger partial charge in [0.15, 0.2) is 0 Å². The van der Waals surface area contributed by atoms with Gasteiger partial charge in [0.1, 0.15) is 0 Å². The van der Waals surface area contributed by atoms with E-state index in [1.165, 1.54) is 18.2 Å². The molecule has 1 N–H and O–H groups in total. The summed E-state index contributed by atoms with van der Waals surface area (Å²) >= 11 is 0. The van der Waals surface area contributed by atoms with E-state index in [1.807, 2.05) is 29.2 Å². The molecule has 1 unspecified atom stereocenters. The Morgan fingerprint density at radius 3 is 2.50 bits per heavy atom. The number of nitrogens with one attached hydrogen (secondary N) is 1. The third-order valence-corrected chi connectivity index (χ3v) is 4.49. The van der Waals surface area contributed by atoms with Crippen molar-refractivity contribution in [2.24, 2.45) is 0 Å². The number of hydrogen-bond acceptors (Lipinski definition) is 2. The Labute approximate surface area is 150 Å². The van der Waals surface area contributed by atoms with E-state index in [0.29, 0.717) is 12.2 Å². The van der Waals surface area contributed by atoms with E-state index < -0.39 is 11.7 Å². The van der Waals surface area contributed by atoms with Crippen molar-refractivity contribution in [2.75, 3.05) is 11.4 Å². The molecule has 0 aromatic heterocycles. The fourth-order valence-corrected chi connectivity index (χ4v) is 3.18. The second-order valence-electron chi connectivity index (χ2n) is 6.23. The van der Waals surface area contributed by atoms with Gasteiger partial charge in [-0.1, -0.05) is 24.8 Å². The van der Waals surface area contributed by atoms with Gasteiger partial charge in [-0.2, -0.15) is 13.2 Å². The van der Waals surface area contributed by atoms with Gasteiger partial charge in [0.05, 0.1) is 5.56 Å². The average molecular weight is 360 g/mol. The van der Waals surface area contributed by atoms with Crippen molar-refractivity contribution in [1.82, 2.24) is 5.32 Å². The highest BCUT2D eigenvalue weighted by Gasteiger charge is 2.30. The monoisotopic (exact) mass is 360 g/mol. The summed E-state index contributed by atoms with van der Waals surface area (Å²) in [5.41, 5.74) is 2.02. The van der Waals surface area contributed by atoms with Crippen LogP contribution in [-0.2, 0) is 17.4 Å². The van der Waals surface area contributed by atoms with E-state index in [1.54, 1.807) is 0 Å². The first kappa shape index (κ1) is 18.0. The van der Waals surface area contributed by atoms with Crippen LogP contribution in [0.3, 0.4) is 0 Å². The van der Waals surface area contributed by atoms with Crippen LogP contribution in [0.1, 0.15) is 17.5 Å². The third kappa shape index (κ3) is 3.90. The smallest absolute Gasteiger partial charge is 0.348 e. The minimum Gasteiger partial charge on any atom is -0.348 e. The van der Waals surface area contributed by atoms with Gasteiger partial charge >= 0.3 is 6.18 Å². The lowest BCUT2D eigenvalue weighted by molar-refractivity contribution is -0.137. The van der Waals surface area contributed by atoms with Crippen LogP contribution in [0.2, 0.25) is 0 Å². The Hall–Kier alpha value is -2.76. The minimum atomic E-state index is -4.37. The lowest BCUT2D eigenvalue weighted by atomic mass is 10.1. The number of nitrogens with zero attached hydrogens (tertiary/aromatic N) is 1. The maximum absolute atomic E-state index is 12.8. The van der Waals surface area contributed by atoms with Crippen LogP contribution in [0.15, 0.2) is 61.2 Å². The van der Waals surface area contributed by atoms with Crippen LogP contribution in [0.5, 0.6) is 0 Å². The summed E-state index contributed by atoms with van der Waals surface area (Å²) in [6.45, 7) is 3.94. The van der Waals surface area contributed by atoms with Crippen LogP contribution < -0.4 is 10.2 Å². The molecule has 2 aromatic carbocycles. The predicted molar refractivity (Wildman–Crippen MR) is 95.3 cm³/mol. The molecule has 26 heavy (non-hydrogen) atoms. The minimum absolute atomic E-state index is 0.129. The molecule has 3 rings (SSSR count). The quantitative estimate of drug-likeness (QED) is 0.820. The van der Waals surface area contributed by atoms with E-state index in [-0.39, 0.29) is 11.9 Å². The Bertz CT molecular complexity index is 799. The lowest BCUT2D eigenvalue weighted by Gasteiger charge is -2.28. The molecule has 1 heterocycles. The molecular formula is C20H19F3N2O. The SMILES string of the molecule is C=CC(=O)NC1CCc2ccccc2N(c2ccc(C(F)(F)F)cc2)C1. The largest absolute Gasteiger partial charge is 0.416 e. The molecule has 0 bridgehead atoms. The van der Waals surface area contributed by atoms with Gasteiger partial charge in [0.2, 0.25) is 5.91 Å². The molecule has 1 aliphatic heterocycles. The predicted octanol–water partition coefficient (Wildman–Crippen LogP) is 4.46. The number of alkyl halides is 3. The molecule has 6 heteroatoms. The second kappa shape index (κ2) is 7.23. The zero-order valence-corrected chi connectivity index (χ0v) is 14.1. The Morgan fingerprint density at radius 2 is 1.85 bits per heavy atom. The van der Waals surface area contributed by atoms with Crippen molar-refractivity contribution in [2.45, 2.75) is 25.1 Å². The number of carbonyl (C=O) groups is 1. The van der Waals surface area contributed by atoms with Gasteiger partial charge in [0.25, 0.3) is 0 Å². The molecule has 0 saturated carbocycles. The van der Waals surface area contributed by atoms with Crippen molar-refractivity contribution in [3.63, 3.8) is 0 Å². The maximum atomic E-state index is 12.8. The number of halogens is 3. The fraction of sp³-hybridized carbons (Fsp3) is 0.250. The number of benzene rings is 2. The highest BCUT2D eigenvalue weighted by molar-refractivity contribution is 5.87. The lowest BCUT2D eigenvalue weighted by Crippen LogP contribution is -2.41. The summed E-state index contributed by atoms with van der Waals surface area (Å²) < 4.78 is 38.5. The maximum Gasteiger partial charge on any atom is 0.416 e. The van der Waals surface area contributed by atoms with E-state index in [2.05, 4.69) is 11.9 Å². The van der Waals surface area contributed by atoms with Crippen molar-refractivity contribution in [3.8, 4) is 0 Å². The molecule has 1 aliphatic rings. The van der Waals surface area contributed by atoms with Crippen LogP contribution in [0, 0.1) is 0 Å². The summed E-state index contributed by atoms with van der Waals surface area (Å²) in [5.74, 6) is -0.256. The number of anilines is 2. The molecule has 0 radical (unpaired) electrons. The zero-order valence-electron chi connectivity index (χ0n) is 14.1. The van der Waals surface area contributed by atoms with Crippen LogP contribution in [0.25, 0.3) is 0 Å². The molecule has 2 aromatic rings. The molecule has 3 nitrogen and oxygen atoms in total. The number of amides is 1. The molecule has 0 spiro atoms. The van der Waals surface area contributed by atoms with Crippen molar-refractivity contribution >= 4 is 17.3 Å². The molecule has 0 aliphatic carbocycles. The van der Waals surface area contributed by atoms with Gasteiger partial charge in [-0.05, 0) is 54.8 Å². The molecular weight excluding hydrogens is 341 g/mol. The van der Waals surface area contributed by atoms with Crippen molar-refractivity contribution in [3.05, 3.63) is 72.3 Å². The van der Waals surface area contributed by atoms with Crippen molar-refractivity contribution in [1.29, 1.82) is 0 Å². The van der Waals surface area contributed by atoms with Gasteiger partial charge in [-0.25, -0.2) is 0 Å². The molecule has 0 fully saturated rings. The highest BCUT2D eigenvalue weighted by Crippen LogP contribution is 2.35. The van der Waals surface area contributed by atoms with E-state index in [4.69, 9.17) is 0 Å². The number of hydrogen-bond donors (Lipinski definition) is 1. The van der Waals surface area contributed by atoms with E-state index in [0.717, 1.165) is 36.2 Å². The molecule has 1 amide bonds. The molecule has 1 atom stereocenters. The first-order valence-electron chi connectivity index (χ1n) is 8.34. The Kier molecular flexibility index (Phi) is 5.02. The van der Waals surface area contributed by atoms with Crippen molar-refractivity contribution < 1.29 is 18.0 Å². The molecule has 136 valence electrons. The van der Waals surface area contributed by atoms with Gasteiger partial charge < -0.3 is 10.2 Å². The first-order chi connectivity index (χ1) is 12.4. The summed E-state index contributed by atoms with van der Waals surface area (Å²) in [6.07, 6.45) is -1.63. The molecule has 0 saturated heterocycles. The summed E-state index contributed by atoms with van der Waals surface area (Å²) in [4.78, 5) is 13.6. The normalized spacial score (nSPS) is 17.2. The third-order valence-electron chi connectivity index (χ3n) is 4.49. The fourth-order valence-electron chi connectivity index (χ4n) is 3.18. The van der Waals surface area contributed by atoms with Gasteiger partial charge in [0, 0.05) is 24.0 Å². The topological polar surface area (TPSA) is 32.3 Å².